The fourth-order valence-corrected chi connectivity index (χ4v) is 1.41. The molecular formula is C11H18N2O5. The maximum atomic E-state index is 11.3. The van der Waals surface area contributed by atoms with E-state index in [1.54, 1.807) is 0 Å². The quantitative estimate of drug-likeness (QED) is 0.593. The van der Waals surface area contributed by atoms with Gasteiger partial charge < -0.3 is 14.6 Å². The third-order valence-electron chi connectivity index (χ3n) is 2.27. The van der Waals surface area contributed by atoms with Gasteiger partial charge in [-0.15, -0.1) is 0 Å². The number of rotatable bonds is 9. The minimum atomic E-state index is -0.878. The maximum absolute atomic E-state index is 11.3. The number of amides is 1. The summed E-state index contributed by atoms with van der Waals surface area (Å²) < 4.78 is 10.3. The Labute approximate surface area is 105 Å². The molecular weight excluding hydrogens is 240 g/mol. The van der Waals surface area contributed by atoms with E-state index in [1.807, 2.05) is 6.92 Å². The first-order valence-corrected chi connectivity index (χ1v) is 5.81. The molecule has 0 aromatic rings. The first-order valence-electron chi connectivity index (χ1n) is 5.81. The number of ether oxygens (including phenoxy) is 2. The van der Waals surface area contributed by atoms with Crippen LogP contribution >= 0.6 is 0 Å². The van der Waals surface area contributed by atoms with Gasteiger partial charge in [0.2, 0.25) is 5.91 Å². The van der Waals surface area contributed by atoms with Gasteiger partial charge in [0.15, 0.2) is 0 Å². The molecule has 0 bridgehead atoms. The zero-order valence-corrected chi connectivity index (χ0v) is 10.4. The smallest absolute Gasteiger partial charge is 0.305 e. The zero-order chi connectivity index (χ0) is 13.4. The predicted octanol–water partition coefficient (Wildman–Crippen LogP) is 0.102. The Hall–Kier alpha value is -1.47. The number of carboxylic acids is 1. The number of carboxylic acid groups (broad SMARTS) is 1. The van der Waals surface area contributed by atoms with E-state index < -0.39 is 5.97 Å². The van der Waals surface area contributed by atoms with Crippen LogP contribution in [0.4, 0.5) is 0 Å². The van der Waals surface area contributed by atoms with Gasteiger partial charge in [0, 0.05) is 5.71 Å². The van der Waals surface area contributed by atoms with Crippen LogP contribution in [-0.2, 0) is 19.1 Å². The number of nitrogens with zero attached hydrogens (tertiary/aromatic N) is 2. The molecule has 102 valence electrons. The van der Waals surface area contributed by atoms with Crippen molar-refractivity contribution < 1.29 is 24.2 Å². The molecule has 0 saturated carbocycles. The third-order valence-corrected chi connectivity index (χ3v) is 2.27. The van der Waals surface area contributed by atoms with E-state index in [4.69, 9.17) is 14.6 Å². The molecule has 1 rings (SSSR count). The van der Waals surface area contributed by atoms with Crippen molar-refractivity contribution in [1.82, 2.24) is 5.01 Å². The Kier molecular flexibility index (Phi) is 6.31. The zero-order valence-electron chi connectivity index (χ0n) is 10.4. The highest BCUT2D eigenvalue weighted by Crippen LogP contribution is 2.06. The lowest BCUT2D eigenvalue weighted by Gasteiger charge is -2.11. The summed E-state index contributed by atoms with van der Waals surface area (Å²) in [5.74, 6) is -0.884. The van der Waals surface area contributed by atoms with Crippen molar-refractivity contribution in [3.63, 3.8) is 0 Å². The van der Waals surface area contributed by atoms with Gasteiger partial charge in [0.25, 0.3) is 0 Å². The van der Waals surface area contributed by atoms with Crippen LogP contribution < -0.4 is 0 Å². The number of hydrogen-bond donors (Lipinski definition) is 1. The molecule has 0 radical (unpaired) electrons. The summed E-state index contributed by atoms with van der Waals surface area (Å²) in [4.78, 5) is 21.5. The number of carbonyl (C=O) groups is 2. The minimum Gasteiger partial charge on any atom is -0.481 e. The van der Waals surface area contributed by atoms with Crippen LogP contribution in [0, 0.1) is 0 Å². The summed E-state index contributed by atoms with van der Waals surface area (Å²) >= 11 is 0. The average molecular weight is 258 g/mol. The average Bonchev–Trinajstić information content (AvgIpc) is 2.61. The fourth-order valence-electron chi connectivity index (χ4n) is 1.41. The second kappa shape index (κ2) is 7.78. The molecule has 1 aliphatic heterocycles. The topological polar surface area (TPSA) is 88.4 Å². The van der Waals surface area contributed by atoms with Crippen LogP contribution in [0.5, 0.6) is 0 Å². The van der Waals surface area contributed by atoms with Crippen LogP contribution in [-0.4, -0.2) is 60.7 Å². The summed E-state index contributed by atoms with van der Waals surface area (Å²) in [7, 11) is 0. The molecule has 0 aromatic carbocycles. The van der Waals surface area contributed by atoms with Gasteiger partial charge in [0.05, 0.1) is 45.8 Å². The Bertz CT molecular complexity index is 329. The summed E-state index contributed by atoms with van der Waals surface area (Å²) in [6.45, 7) is 3.56. The van der Waals surface area contributed by atoms with E-state index in [1.165, 1.54) is 5.01 Å². The summed E-state index contributed by atoms with van der Waals surface area (Å²) in [5.41, 5.74) is 0.817. The molecule has 0 fully saturated rings. The standard InChI is InChI=1S/C11H18N2O5/c1-9-8-10(14)13(12-9)3-5-18-7-6-17-4-2-11(15)16/h2-8H2,1H3,(H,15,16). The monoisotopic (exact) mass is 258 g/mol. The van der Waals surface area contributed by atoms with Crippen LogP contribution in [0.1, 0.15) is 19.8 Å². The minimum absolute atomic E-state index is 0.00370. The Morgan fingerprint density at radius 3 is 2.56 bits per heavy atom. The molecule has 0 spiro atoms. The molecule has 1 amide bonds. The van der Waals surface area contributed by atoms with Crippen LogP contribution in [0.2, 0.25) is 0 Å². The molecule has 1 aliphatic rings. The number of hydrogen-bond acceptors (Lipinski definition) is 5. The first kappa shape index (κ1) is 14.6. The van der Waals surface area contributed by atoms with Gasteiger partial charge in [-0.3, -0.25) is 9.59 Å². The molecule has 0 saturated heterocycles. The molecule has 0 unspecified atom stereocenters. The van der Waals surface area contributed by atoms with Crippen molar-refractivity contribution in [3.8, 4) is 0 Å². The summed E-state index contributed by atoms with van der Waals surface area (Å²) in [5, 5.41) is 13.8. The highest BCUT2D eigenvalue weighted by Gasteiger charge is 2.20. The Balaban J connectivity index is 1.93. The van der Waals surface area contributed by atoms with Gasteiger partial charge in [-0.2, -0.15) is 5.10 Å². The maximum Gasteiger partial charge on any atom is 0.305 e. The van der Waals surface area contributed by atoms with Gasteiger partial charge in [0.1, 0.15) is 0 Å². The highest BCUT2D eigenvalue weighted by molar-refractivity contribution is 6.03. The van der Waals surface area contributed by atoms with Crippen LogP contribution in [0.15, 0.2) is 5.10 Å². The second-order valence-electron chi connectivity index (χ2n) is 3.90. The fraction of sp³-hybridized carbons (Fsp3) is 0.727. The van der Waals surface area contributed by atoms with Crippen molar-refractivity contribution in [1.29, 1.82) is 0 Å². The summed E-state index contributed by atoms with van der Waals surface area (Å²) in [6.07, 6.45) is 0.384. The molecule has 1 N–H and O–H groups in total. The molecule has 7 heteroatoms. The van der Waals surface area contributed by atoms with E-state index in [2.05, 4.69) is 5.10 Å². The van der Waals surface area contributed by atoms with Crippen molar-refractivity contribution in [2.24, 2.45) is 5.10 Å². The van der Waals surface area contributed by atoms with Crippen molar-refractivity contribution >= 4 is 17.6 Å². The van der Waals surface area contributed by atoms with Gasteiger partial charge in [-0.05, 0) is 6.92 Å². The predicted molar refractivity (Wildman–Crippen MR) is 63.3 cm³/mol. The van der Waals surface area contributed by atoms with E-state index >= 15 is 0 Å². The van der Waals surface area contributed by atoms with Crippen LogP contribution in [0.25, 0.3) is 0 Å². The van der Waals surface area contributed by atoms with Gasteiger partial charge >= 0.3 is 5.97 Å². The van der Waals surface area contributed by atoms with Gasteiger partial charge in [-0.1, -0.05) is 0 Å². The number of aliphatic carboxylic acids is 1. The Morgan fingerprint density at radius 1 is 1.33 bits per heavy atom. The largest absolute Gasteiger partial charge is 0.481 e. The molecule has 7 nitrogen and oxygen atoms in total. The molecule has 18 heavy (non-hydrogen) atoms. The van der Waals surface area contributed by atoms with Crippen molar-refractivity contribution in [2.75, 3.05) is 33.0 Å². The molecule has 0 aromatic heterocycles. The number of carbonyl (C=O) groups excluding carboxylic acids is 1. The Morgan fingerprint density at radius 2 is 2.00 bits per heavy atom. The van der Waals surface area contributed by atoms with Crippen molar-refractivity contribution in [2.45, 2.75) is 19.8 Å². The number of hydrazone groups is 1. The third kappa shape index (κ3) is 5.74. The SMILES string of the molecule is CC1=NN(CCOCCOCCC(=O)O)C(=O)C1. The van der Waals surface area contributed by atoms with Crippen molar-refractivity contribution in [3.05, 3.63) is 0 Å². The van der Waals surface area contributed by atoms with Crippen LogP contribution in [0.3, 0.4) is 0 Å². The highest BCUT2D eigenvalue weighted by atomic mass is 16.5. The molecule has 0 aliphatic carbocycles. The van der Waals surface area contributed by atoms with E-state index in [0.717, 1.165) is 5.71 Å². The summed E-state index contributed by atoms with van der Waals surface area (Å²) in [6, 6.07) is 0. The van der Waals surface area contributed by atoms with E-state index in [9.17, 15) is 9.59 Å². The lowest BCUT2D eigenvalue weighted by molar-refractivity contribution is -0.138. The molecule has 1 heterocycles. The van der Waals surface area contributed by atoms with Gasteiger partial charge in [-0.25, -0.2) is 5.01 Å². The molecule has 0 atom stereocenters. The first-order chi connectivity index (χ1) is 8.59. The van der Waals surface area contributed by atoms with E-state index in [0.29, 0.717) is 32.8 Å². The normalized spacial score (nSPS) is 15.1. The van der Waals surface area contributed by atoms with E-state index in [-0.39, 0.29) is 18.9 Å². The lowest BCUT2D eigenvalue weighted by Crippen LogP contribution is -2.25. The second-order valence-corrected chi connectivity index (χ2v) is 3.90. The lowest BCUT2D eigenvalue weighted by atomic mass is 10.3.